The number of hydrogen-bond donors (Lipinski definition) is 2. The molecule has 21 heavy (non-hydrogen) atoms. The Labute approximate surface area is 135 Å². The van der Waals surface area contributed by atoms with Crippen LogP contribution in [0.25, 0.3) is 0 Å². The van der Waals surface area contributed by atoms with Crippen molar-refractivity contribution in [1.29, 1.82) is 0 Å². The van der Waals surface area contributed by atoms with Crippen molar-refractivity contribution in [2.45, 2.75) is 0 Å². The van der Waals surface area contributed by atoms with Gasteiger partial charge in [0.05, 0.1) is 5.56 Å². The van der Waals surface area contributed by atoms with E-state index < -0.39 is 11.9 Å². The van der Waals surface area contributed by atoms with Crippen LogP contribution in [0.3, 0.4) is 0 Å². The third-order valence-corrected chi connectivity index (χ3v) is 3.20. The third-order valence-electron chi connectivity index (χ3n) is 2.52. The molecule has 1 amide bonds. The minimum Gasteiger partial charge on any atom is -0.508 e. The molecule has 0 unspecified atom stereocenters. The molecule has 0 spiro atoms. The van der Waals surface area contributed by atoms with Gasteiger partial charge in [-0.1, -0.05) is 12.1 Å². The van der Waals surface area contributed by atoms with Gasteiger partial charge in [-0.15, -0.1) is 0 Å². The summed E-state index contributed by atoms with van der Waals surface area (Å²) in [5.41, 5.74) is 0.831. The number of phenolic OH excluding ortho intramolecular Hbond substituents is 1. The summed E-state index contributed by atoms with van der Waals surface area (Å²) in [5, 5.41) is 11.9. The molecule has 2 aromatic rings. The van der Waals surface area contributed by atoms with Crippen LogP contribution >= 0.6 is 22.6 Å². The van der Waals surface area contributed by atoms with Crippen LogP contribution in [0.15, 0.2) is 48.5 Å². The Bertz CT molecular complexity index is 672. The molecule has 0 aliphatic carbocycles. The lowest BCUT2D eigenvalue weighted by Gasteiger charge is -2.07. The lowest BCUT2D eigenvalue weighted by atomic mass is 10.2. The number of hydrogen-bond acceptors (Lipinski definition) is 4. The molecule has 0 atom stereocenters. The molecule has 0 radical (unpaired) electrons. The molecule has 6 heteroatoms. The van der Waals surface area contributed by atoms with Gasteiger partial charge in [-0.25, -0.2) is 4.79 Å². The number of carbonyl (C=O) groups excluding carboxylic acids is 2. The number of nitrogens with one attached hydrogen (secondary N) is 1. The van der Waals surface area contributed by atoms with Crippen LogP contribution in [0.4, 0.5) is 5.69 Å². The quantitative estimate of drug-likeness (QED) is 0.615. The van der Waals surface area contributed by atoms with Gasteiger partial charge in [-0.3, -0.25) is 4.79 Å². The molecule has 0 aliphatic rings. The SMILES string of the molecule is O=C(COC(=O)c1cccc(O)c1)Nc1cccc(I)c1. The molecule has 2 rings (SSSR count). The molecule has 2 aromatic carbocycles. The smallest absolute Gasteiger partial charge is 0.338 e. The molecule has 2 N–H and O–H groups in total. The fraction of sp³-hybridized carbons (Fsp3) is 0.0667. The highest BCUT2D eigenvalue weighted by Crippen LogP contribution is 2.13. The number of amides is 1. The van der Waals surface area contributed by atoms with E-state index in [1.165, 1.54) is 24.3 Å². The van der Waals surface area contributed by atoms with Gasteiger partial charge >= 0.3 is 5.97 Å². The summed E-state index contributed by atoms with van der Waals surface area (Å²) < 4.78 is 5.87. The van der Waals surface area contributed by atoms with Crippen molar-refractivity contribution in [2.75, 3.05) is 11.9 Å². The fourth-order valence-corrected chi connectivity index (χ4v) is 2.15. The van der Waals surface area contributed by atoms with E-state index in [2.05, 4.69) is 27.9 Å². The summed E-state index contributed by atoms with van der Waals surface area (Å²) in [4.78, 5) is 23.4. The molecular formula is C15H12INO4. The summed E-state index contributed by atoms with van der Waals surface area (Å²) in [6.45, 7) is -0.389. The average Bonchev–Trinajstić information content (AvgIpc) is 2.45. The maximum atomic E-state index is 11.7. The Hall–Kier alpha value is -2.09. The van der Waals surface area contributed by atoms with E-state index in [9.17, 15) is 14.7 Å². The van der Waals surface area contributed by atoms with Gasteiger partial charge in [0.25, 0.3) is 5.91 Å². The van der Waals surface area contributed by atoms with Crippen molar-refractivity contribution in [2.24, 2.45) is 0 Å². The van der Waals surface area contributed by atoms with Crippen molar-refractivity contribution in [3.8, 4) is 5.75 Å². The Morgan fingerprint density at radius 3 is 2.62 bits per heavy atom. The number of ether oxygens (including phenoxy) is 1. The second kappa shape index (κ2) is 7.07. The molecule has 0 saturated heterocycles. The normalized spacial score (nSPS) is 9.95. The van der Waals surface area contributed by atoms with Crippen LogP contribution in [0.2, 0.25) is 0 Å². The molecule has 0 aliphatic heterocycles. The summed E-state index contributed by atoms with van der Waals surface area (Å²) in [6, 6.07) is 13.0. The van der Waals surface area contributed by atoms with E-state index in [0.717, 1.165) is 3.57 Å². The first-order valence-electron chi connectivity index (χ1n) is 6.06. The van der Waals surface area contributed by atoms with Crippen molar-refractivity contribution in [1.82, 2.24) is 0 Å². The highest BCUT2D eigenvalue weighted by Gasteiger charge is 2.10. The number of aromatic hydroxyl groups is 1. The Morgan fingerprint density at radius 1 is 1.14 bits per heavy atom. The van der Waals surface area contributed by atoms with E-state index >= 15 is 0 Å². The molecule has 0 heterocycles. The molecule has 0 fully saturated rings. The molecule has 0 aromatic heterocycles. The maximum absolute atomic E-state index is 11.7. The van der Waals surface area contributed by atoms with Gasteiger partial charge in [-0.05, 0) is 59.0 Å². The topological polar surface area (TPSA) is 75.6 Å². The molecular weight excluding hydrogens is 385 g/mol. The van der Waals surface area contributed by atoms with Crippen LogP contribution in [0, 0.1) is 3.57 Å². The highest BCUT2D eigenvalue weighted by atomic mass is 127. The summed E-state index contributed by atoms with van der Waals surface area (Å²) >= 11 is 2.13. The molecule has 0 saturated carbocycles. The lowest BCUT2D eigenvalue weighted by molar-refractivity contribution is -0.119. The number of phenols is 1. The summed E-state index contributed by atoms with van der Waals surface area (Å²) in [5.74, 6) is -1.12. The second-order valence-electron chi connectivity index (χ2n) is 4.18. The van der Waals surface area contributed by atoms with Gasteiger partial charge in [0.2, 0.25) is 0 Å². The predicted octanol–water partition coefficient (Wildman–Crippen LogP) is 2.79. The highest BCUT2D eigenvalue weighted by molar-refractivity contribution is 14.1. The first-order chi connectivity index (χ1) is 10.0. The van der Waals surface area contributed by atoms with E-state index in [1.807, 2.05) is 12.1 Å². The summed E-state index contributed by atoms with van der Waals surface area (Å²) in [7, 11) is 0. The van der Waals surface area contributed by atoms with Crippen LogP contribution in [0.5, 0.6) is 5.75 Å². The van der Waals surface area contributed by atoms with Crippen molar-refractivity contribution < 1.29 is 19.4 Å². The van der Waals surface area contributed by atoms with Crippen LogP contribution < -0.4 is 5.32 Å². The van der Waals surface area contributed by atoms with E-state index in [-0.39, 0.29) is 17.9 Å². The van der Waals surface area contributed by atoms with Crippen LogP contribution in [-0.4, -0.2) is 23.6 Å². The minimum atomic E-state index is -0.663. The lowest BCUT2D eigenvalue weighted by Crippen LogP contribution is -2.20. The third kappa shape index (κ3) is 4.75. The van der Waals surface area contributed by atoms with Gasteiger partial charge < -0.3 is 15.2 Å². The zero-order valence-corrected chi connectivity index (χ0v) is 13.0. The Kier molecular flexibility index (Phi) is 5.15. The fourth-order valence-electron chi connectivity index (χ4n) is 1.61. The minimum absolute atomic E-state index is 0.0345. The van der Waals surface area contributed by atoms with E-state index in [1.54, 1.807) is 12.1 Å². The average molecular weight is 397 g/mol. The summed E-state index contributed by atoms with van der Waals surface area (Å²) in [6.07, 6.45) is 0. The number of esters is 1. The van der Waals surface area contributed by atoms with Crippen LogP contribution in [0.1, 0.15) is 10.4 Å². The van der Waals surface area contributed by atoms with Gasteiger partial charge in [0, 0.05) is 9.26 Å². The number of halogens is 1. The second-order valence-corrected chi connectivity index (χ2v) is 5.43. The molecule has 108 valence electrons. The van der Waals surface area contributed by atoms with E-state index in [4.69, 9.17) is 4.74 Å². The van der Waals surface area contributed by atoms with Crippen molar-refractivity contribution >= 4 is 40.2 Å². The molecule has 5 nitrogen and oxygen atoms in total. The predicted molar refractivity (Wildman–Crippen MR) is 86.2 cm³/mol. The Balaban J connectivity index is 1.88. The maximum Gasteiger partial charge on any atom is 0.338 e. The molecule has 0 bridgehead atoms. The monoisotopic (exact) mass is 397 g/mol. The first-order valence-corrected chi connectivity index (χ1v) is 7.14. The van der Waals surface area contributed by atoms with Crippen molar-refractivity contribution in [3.05, 3.63) is 57.7 Å². The Morgan fingerprint density at radius 2 is 1.90 bits per heavy atom. The van der Waals surface area contributed by atoms with Crippen molar-refractivity contribution in [3.63, 3.8) is 0 Å². The zero-order chi connectivity index (χ0) is 15.2. The number of rotatable bonds is 4. The zero-order valence-electron chi connectivity index (χ0n) is 10.9. The number of anilines is 1. The van der Waals surface area contributed by atoms with E-state index in [0.29, 0.717) is 5.69 Å². The van der Waals surface area contributed by atoms with Gasteiger partial charge in [-0.2, -0.15) is 0 Å². The largest absolute Gasteiger partial charge is 0.508 e. The standard InChI is InChI=1S/C15H12INO4/c16-11-4-2-5-12(8-11)17-14(19)9-21-15(20)10-3-1-6-13(18)7-10/h1-8,18H,9H2,(H,17,19). The van der Waals surface area contributed by atoms with Gasteiger partial charge in [0.1, 0.15) is 5.75 Å². The van der Waals surface area contributed by atoms with Gasteiger partial charge in [0.15, 0.2) is 6.61 Å². The first kappa shape index (κ1) is 15.3. The number of benzene rings is 2. The number of carbonyl (C=O) groups is 2. The van der Waals surface area contributed by atoms with Crippen LogP contribution in [-0.2, 0) is 9.53 Å².